The SMILES string of the molecule is CC(C)CNCC1CCCCC1c1ccc(Cl)cc1. The quantitative estimate of drug-likeness (QED) is 0.812. The molecule has 1 nitrogen and oxygen atoms in total. The van der Waals surface area contributed by atoms with Crippen molar-refractivity contribution in [2.24, 2.45) is 11.8 Å². The number of rotatable bonds is 5. The van der Waals surface area contributed by atoms with Gasteiger partial charge in [-0.15, -0.1) is 0 Å². The Morgan fingerprint density at radius 3 is 2.53 bits per heavy atom. The third kappa shape index (κ3) is 4.50. The predicted molar refractivity (Wildman–Crippen MR) is 83.9 cm³/mol. The Balaban J connectivity index is 1.97. The normalized spacial score (nSPS) is 23.8. The van der Waals surface area contributed by atoms with Gasteiger partial charge in [0.05, 0.1) is 0 Å². The summed E-state index contributed by atoms with van der Waals surface area (Å²) in [6.45, 7) is 6.82. The van der Waals surface area contributed by atoms with Crippen LogP contribution in [0.4, 0.5) is 0 Å². The van der Waals surface area contributed by atoms with Crippen molar-refractivity contribution in [3.63, 3.8) is 0 Å². The topological polar surface area (TPSA) is 12.0 Å². The molecular formula is C17H26ClN. The third-order valence-corrected chi connectivity index (χ3v) is 4.42. The van der Waals surface area contributed by atoms with E-state index >= 15 is 0 Å². The van der Waals surface area contributed by atoms with Crippen molar-refractivity contribution in [2.45, 2.75) is 45.4 Å². The van der Waals surface area contributed by atoms with Crippen molar-refractivity contribution < 1.29 is 0 Å². The molecule has 2 atom stereocenters. The Morgan fingerprint density at radius 2 is 1.84 bits per heavy atom. The lowest BCUT2D eigenvalue weighted by Gasteiger charge is -2.32. The van der Waals surface area contributed by atoms with Crippen LogP contribution in [0.3, 0.4) is 0 Å². The van der Waals surface area contributed by atoms with Crippen molar-refractivity contribution in [3.05, 3.63) is 34.9 Å². The minimum absolute atomic E-state index is 0.714. The lowest BCUT2D eigenvalue weighted by Crippen LogP contribution is -2.31. The Morgan fingerprint density at radius 1 is 1.16 bits per heavy atom. The smallest absolute Gasteiger partial charge is 0.0406 e. The standard InChI is InChI=1S/C17H26ClN/c1-13(2)11-19-12-15-5-3-4-6-17(15)14-7-9-16(18)10-8-14/h7-10,13,15,17,19H,3-6,11-12H2,1-2H3. The van der Waals surface area contributed by atoms with Gasteiger partial charge in [0.25, 0.3) is 0 Å². The lowest BCUT2D eigenvalue weighted by atomic mass is 9.75. The highest BCUT2D eigenvalue weighted by Crippen LogP contribution is 2.37. The molecule has 1 aliphatic rings. The van der Waals surface area contributed by atoms with Crippen LogP contribution < -0.4 is 5.32 Å². The summed E-state index contributed by atoms with van der Waals surface area (Å²) in [6, 6.07) is 8.50. The molecule has 1 fully saturated rings. The highest BCUT2D eigenvalue weighted by Gasteiger charge is 2.26. The molecule has 0 amide bonds. The predicted octanol–water partition coefficient (Wildman–Crippen LogP) is 4.86. The van der Waals surface area contributed by atoms with Crippen molar-refractivity contribution >= 4 is 11.6 Å². The molecule has 1 saturated carbocycles. The molecule has 0 saturated heterocycles. The summed E-state index contributed by atoms with van der Waals surface area (Å²) in [5.74, 6) is 2.23. The summed E-state index contributed by atoms with van der Waals surface area (Å²) in [5, 5.41) is 4.48. The first kappa shape index (κ1) is 14.9. The first-order valence-corrected chi connectivity index (χ1v) is 8.01. The zero-order chi connectivity index (χ0) is 13.7. The number of hydrogen-bond acceptors (Lipinski definition) is 1. The van der Waals surface area contributed by atoms with Crippen LogP contribution in [0.2, 0.25) is 5.02 Å². The van der Waals surface area contributed by atoms with E-state index < -0.39 is 0 Å². The molecule has 0 aromatic heterocycles. The minimum atomic E-state index is 0.714. The molecule has 1 N–H and O–H groups in total. The van der Waals surface area contributed by atoms with Gasteiger partial charge in [0, 0.05) is 5.02 Å². The Bertz CT molecular complexity index is 371. The molecule has 1 aromatic rings. The fourth-order valence-electron chi connectivity index (χ4n) is 3.16. The molecule has 2 rings (SSSR count). The van der Waals surface area contributed by atoms with E-state index in [0.717, 1.165) is 29.9 Å². The van der Waals surface area contributed by atoms with Gasteiger partial charge in [0.15, 0.2) is 0 Å². The maximum atomic E-state index is 5.99. The third-order valence-electron chi connectivity index (χ3n) is 4.17. The first-order valence-electron chi connectivity index (χ1n) is 7.63. The molecule has 0 aliphatic heterocycles. The van der Waals surface area contributed by atoms with E-state index in [9.17, 15) is 0 Å². The lowest BCUT2D eigenvalue weighted by molar-refractivity contribution is 0.292. The van der Waals surface area contributed by atoms with E-state index in [1.54, 1.807) is 0 Å². The van der Waals surface area contributed by atoms with E-state index in [-0.39, 0.29) is 0 Å². The monoisotopic (exact) mass is 279 g/mol. The fraction of sp³-hybridized carbons (Fsp3) is 0.647. The largest absolute Gasteiger partial charge is 0.316 e. The summed E-state index contributed by atoms with van der Waals surface area (Å²) >= 11 is 5.99. The number of hydrogen-bond donors (Lipinski definition) is 1. The Hall–Kier alpha value is -0.530. The van der Waals surface area contributed by atoms with Gasteiger partial charge in [-0.05, 0) is 61.4 Å². The van der Waals surface area contributed by atoms with Crippen LogP contribution in [0.15, 0.2) is 24.3 Å². The van der Waals surface area contributed by atoms with Crippen molar-refractivity contribution in [1.29, 1.82) is 0 Å². The van der Waals surface area contributed by atoms with E-state index in [4.69, 9.17) is 11.6 Å². The van der Waals surface area contributed by atoms with Crippen molar-refractivity contribution in [1.82, 2.24) is 5.32 Å². The molecular weight excluding hydrogens is 254 g/mol. The summed E-state index contributed by atoms with van der Waals surface area (Å²) in [7, 11) is 0. The van der Waals surface area contributed by atoms with E-state index in [0.29, 0.717) is 5.92 Å². The average molecular weight is 280 g/mol. The average Bonchev–Trinajstić information content (AvgIpc) is 2.40. The molecule has 0 radical (unpaired) electrons. The van der Waals surface area contributed by atoms with Crippen LogP contribution >= 0.6 is 11.6 Å². The number of halogens is 1. The molecule has 1 aromatic carbocycles. The second kappa shape index (κ2) is 7.31. The van der Waals surface area contributed by atoms with Crippen molar-refractivity contribution in [2.75, 3.05) is 13.1 Å². The summed E-state index contributed by atoms with van der Waals surface area (Å²) < 4.78 is 0. The van der Waals surface area contributed by atoms with Crippen LogP contribution in [-0.4, -0.2) is 13.1 Å². The maximum Gasteiger partial charge on any atom is 0.0406 e. The van der Waals surface area contributed by atoms with Gasteiger partial charge in [-0.25, -0.2) is 0 Å². The molecule has 0 bridgehead atoms. The molecule has 2 heteroatoms. The zero-order valence-corrected chi connectivity index (χ0v) is 12.9. The van der Waals surface area contributed by atoms with Gasteiger partial charge in [-0.2, -0.15) is 0 Å². The van der Waals surface area contributed by atoms with Crippen molar-refractivity contribution in [3.8, 4) is 0 Å². The summed E-state index contributed by atoms with van der Waals surface area (Å²) in [6.07, 6.45) is 5.44. The highest BCUT2D eigenvalue weighted by atomic mass is 35.5. The fourth-order valence-corrected chi connectivity index (χ4v) is 3.28. The maximum absolute atomic E-state index is 5.99. The first-order chi connectivity index (χ1) is 9.16. The van der Waals surface area contributed by atoms with Crippen LogP contribution in [0.25, 0.3) is 0 Å². The summed E-state index contributed by atoms with van der Waals surface area (Å²) in [5.41, 5.74) is 1.47. The molecule has 0 heterocycles. The van der Waals surface area contributed by atoms with Gasteiger partial charge >= 0.3 is 0 Å². The number of benzene rings is 1. The molecule has 2 unspecified atom stereocenters. The van der Waals surface area contributed by atoms with Gasteiger partial charge in [0.1, 0.15) is 0 Å². The molecule has 106 valence electrons. The summed E-state index contributed by atoms with van der Waals surface area (Å²) in [4.78, 5) is 0. The molecule has 0 spiro atoms. The Labute approximate surface area is 122 Å². The second-order valence-electron chi connectivity index (χ2n) is 6.25. The molecule has 1 aliphatic carbocycles. The van der Waals surface area contributed by atoms with Crippen LogP contribution in [-0.2, 0) is 0 Å². The minimum Gasteiger partial charge on any atom is -0.316 e. The highest BCUT2D eigenvalue weighted by molar-refractivity contribution is 6.30. The van der Waals surface area contributed by atoms with Crippen LogP contribution in [0, 0.1) is 11.8 Å². The molecule has 19 heavy (non-hydrogen) atoms. The van der Waals surface area contributed by atoms with Crippen LogP contribution in [0.1, 0.15) is 51.0 Å². The van der Waals surface area contributed by atoms with Gasteiger partial charge in [-0.3, -0.25) is 0 Å². The number of nitrogens with one attached hydrogen (secondary N) is 1. The van der Waals surface area contributed by atoms with E-state index in [2.05, 4.69) is 31.3 Å². The van der Waals surface area contributed by atoms with Crippen LogP contribution in [0.5, 0.6) is 0 Å². The van der Waals surface area contributed by atoms with Gasteiger partial charge in [-0.1, -0.05) is 50.4 Å². The zero-order valence-electron chi connectivity index (χ0n) is 12.2. The van der Waals surface area contributed by atoms with E-state index in [1.165, 1.54) is 31.2 Å². The second-order valence-corrected chi connectivity index (χ2v) is 6.69. The Kier molecular flexibility index (Phi) is 5.72. The van der Waals surface area contributed by atoms with Gasteiger partial charge in [0.2, 0.25) is 0 Å². The van der Waals surface area contributed by atoms with E-state index in [1.807, 2.05) is 12.1 Å². The van der Waals surface area contributed by atoms with Gasteiger partial charge < -0.3 is 5.32 Å².